The molecule has 7 nitrogen and oxygen atoms in total. The topological polar surface area (TPSA) is 83.1 Å². The molecule has 0 atom stereocenters. The smallest absolute Gasteiger partial charge is 0.331 e. The van der Waals surface area contributed by atoms with Crippen molar-refractivity contribution in [3.8, 4) is 17.2 Å². The second-order valence-corrected chi connectivity index (χ2v) is 6.91. The summed E-state index contributed by atoms with van der Waals surface area (Å²) in [7, 11) is 4.59. The summed E-state index contributed by atoms with van der Waals surface area (Å²) in [4.78, 5) is 24.5. The minimum atomic E-state index is -0.516. The van der Waals surface area contributed by atoms with Gasteiger partial charge in [0.25, 0.3) is 5.91 Å². The van der Waals surface area contributed by atoms with E-state index in [0.29, 0.717) is 28.4 Å². The second-order valence-electron chi connectivity index (χ2n) is 6.91. The number of para-hydroxylation sites is 1. The van der Waals surface area contributed by atoms with Gasteiger partial charge >= 0.3 is 5.97 Å². The molecular formula is C26H25NO6. The van der Waals surface area contributed by atoms with Gasteiger partial charge in [-0.2, -0.15) is 0 Å². The van der Waals surface area contributed by atoms with Gasteiger partial charge < -0.3 is 24.3 Å². The predicted octanol–water partition coefficient (Wildman–Crippen LogP) is 4.72. The minimum Gasteiger partial charge on any atom is -0.496 e. The highest BCUT2D eigenvalue weighted by Gasteiger charge is 2.11. The van der Waals surface area contributed by atoms with E-state index in [1.54, 1.807) is 42.5 Å². The second kappa shape index (κ2) is 11.4. The molecule has 1 N–H and O–H groups in total. The van der Waals surface area contributed by atoms with Crippen LogP contribution in [0.4, 0.5) is 5.69 Å². The van der Waals surface area contributed by atoms with Crippen LogP contribution < -0.4 is 19.5 Å². The first-order valence-electron chi connectivity index (χ1n) is 10.1. The van der Waals surface area contributed by atoms with Crippen molar-refractivity contribution >= 4 is 23.6 Å². The first-order chi connectivity index (χ1) is 16.0. The molecule has 33 heavy (non-hydrogen) atoms. The summed E-state index contributed by atoms with van der Waals surface area (Å²) in [6.45, 7) is 0.0762. The number of hydrogen-bond acceptors (Lipinski definition) is 6. The van der Waals surface area contributed by atoms with Gasteiger partial charge in [-0.3, -0.25) is 4.79 Å². The van der Waals surface area contributed by atoms with Gasteiger partial charge in [-0.05, 0) is 42.0 Å². The van der Waals surface area contributed by atoms with Gasteiger partial charge in [0, 0.05) is 29.0 Å². The molecular weight excluding hydrogens is 422 g/mol. The van der Waals surface area contributed by atoms with E-state index in [-0.39, 0.29) is 12.5 Å². The molecule has 0 heterocycles. The number of benzene rings is 3. The summed E-state index contributed by atoms with van der Waals surface area (Å²) >= 11 is 0. The van der Waals surface area contributed by atoms with Gasteiger partial charge in [0.2, 0.25) is 0 Å². The van der Waals surface area contributed by atoms with Crippen LogP contribution in [0.2, 0.25) is 0 Å². The number of methoxy groups -OCH3 is 3. The molecule has 0 saturated carbocycles. The number of hydrogen-bond donors (Lipinski definition) is 1. The van der Waals surface area contributed by atoms with Gasteiger partial charge in [0.1, 0.15) is 12.4 Å². The number of ether oxygens (including phenoxy) is 4. The monoisotopic (exact) mass is 447 g/mol. The number of rotatable bonds is 9. The molecule has 170 valence electrons. The Morgan fingerprint density at radius 1 is 0.818 bits per heavy atom. The van der Waals surface area contributed by atoms with Gasteiger partial charge in [-0.15, -0.1) is 0 Å². The fraction of sp³-hybridized carbons (Fsp3) is 0.154. The van der Waals surface area contributed by atoms with Crippen LogP contribution in [0.5, 0.6) is 17.2 Å². The Hall–Kier alpha value is -4.26. The zero-order chi connectivity index (χ0) is 23.6. The summed E-state index contributed by atoms with van der Waals surface area (Å²) in [5.74, 6) is 0.841. The van der Waals surface area contributed by atoms with Gasteiger partial charge in [-0.25, -0.2) is 4.79 Å². The van der Waals surface area contributed by atoms with Crippen molar-refractivity contribution in [2.45, 2.75) is 6.61 Å². The lowest BCUT2D eigenvalue weighted by atomic mass is 10.1. The number of nitrogens with one attached hydrogen (secondary N) is 1. The van der Waals surface area contributed by atoms with E-state index < -0.39 is 5.97 Å². The molecule has 3 rings (SSSR count). The molecule has 7 heteroatoms. The molecule has 0 aromatic heterocycles. The van der Waals surface area contributed by atoms with Crippen molar-refractivity contribution in [2.75, 3.05) is 26.6 Å². The molecule has 0 aliphatic heterocycles. The molecule has 0 unspecified atom stereocenters. The third-order valence-electron chi connectivity index (χ3n) is 4.76. The van der Waals surface area contributed by atoms with Crippen LogP contribution in [0.1, 0.15) is 21.5 Å². The Balaban J connectivity index is 1.57. The van der Waals surface area contributed by atoms with E-state index in [1.165, 1.54) is 27.4 Å². The highest BCUT2D eigenvalue weighted by atomic mass is 16.5. The maximum Gasteiger partial charge on any atom is 0.331 e. The highest BCUT2D eigenvalue weighted by molar-refractivity contribution is 6.04. The van der Waals surface area contributed by atoms with E-state index in [9.17, 15) is 9.59 Å². The Labute approximate surface area is 192 Å². The van der Waals surface area contributed by atoms with E-state index >= 15 is 0 Å². The van der Waals surface area contributed by atoms with Gasteiger partial charge in [0.15, 0.2) is 11.5 Å². The summed E-state index contributed by atoms with van der Waals surface area (Å²) in [6, 6.07) is 19.5. The van der Waals surface area contributed by atoms with Crippen LogP contribution in [0, 0.1) is 0 Å². The fourth-order valence-corrected chi connectivity index (χ4v) is 3.02. The van der Waals surface area contributed by atoms with Crippen molar-refractivity contribution in [1.29, 1.82) is 0 Å². The van der Waals surface area contributed by atoms with Gasteiger partial charge in [0.05, 0.1) is 21.3 Å². The minimum absolute atomic E-state index is 0.0762. The van der Waals surface area contributed by atoms with Crippen molar-refractivity contribution < 1.29 is 28.5 Å². The van der Waals surface area contributed by atoms with E-state index in [1.807, 2.05) is 30.3 Å². The quantitative estimate of drug-likeness (QED) is 0.378. The Morgan fingerprint density at radius 3 is 2.09 bits per heavy atom. The molecule has 0 aliphatic carbocycles. The molecule has 0 bridgehead atoms. The van der Waals surface area contributed by atoms with Crippen molar-refractivity contribution in [3.05, 3.63) is 89.5 Å². The summed E-state index contributed by atoms with van der Waals surface area (Å²) < 4.78 is 21.2. The first kappa shape index (κ1) is 23.4. The third-order valence-corrected chi connectivity index (χ3v) is 4.76. The standard InChI is InChI=1S/C26H25NO6/c1-30-22-16-24(32-3)23(31-2)15-20(22)13-14-25(28)33-17-18-9-11-19(12-10-18)26(29)27-21-7-5-4-6-8-21/h4-16H,17H2,1-3H3,(H,27,29)/b14-13+. The van der Waals surface area contributed by atoms with Crippen LogP contribution in [0.25, 0.3) is 6.08 Å². The molecule has 0 radical (unpaired) electrons. The molecule has 3 aromatic rings. The number of carbonyl (C=O) groups excluding carboxylic acids is 2. The number of esters is 1. The van der Waals surface area contributed by atoms with Crippen molar-refractivity contribution in [1.82, 2.24) is 0 Å². The maximum absolute atomic E-state index is 12.3. The van der Waals surface area contributed by atoms with E-state index in [2.05, 4.69) is 5.32 Å². The highest BCUT2D eigenvalue weighted by Crippen LogP contribution is 2.35. The predicted molar refractivity (Wildman–Crippen MR) is 126 cm³/mol. The van der Waals surface area contributed by atoms with E-state index in [0.717, 1.165) is 11.3 Å². The Morgan fingerprint density at radius 2 is 1.45 bits per heavy atom. The average molecular weight is 447 g/mol. The summed E-state index contributed by atoms with van der Waals surface area (Å²) in [5.41, 5.74) is 2.63. The third kappa shape index (κ3) is 6.36. The zero-order valence-electron chi connectivity index (χ0n) is 18.7. The Kier molecular flexibility index (Phi) is 8.07. The Bertz CT molecular complexity index is 1120. The molecule has 1 amide bonds. The molecule has 0 aliphatic rings. The molecule has 3 aromatic carbocycles. The largest absolute Gasteiger partial charge is 0.496 e. The summed E-state index contributed by atoms with van der Waals surface area (Å²) in [5, 5.41) is 2.82. The van der Waals surface area contributed by atoms with Crippen LogP contribution >= 0.6 is 0 Å². The zero-order valence-corrected chi connectivity index (χ0v) is 18.7. The van der Waals surface area contributed by atoms with Gasteiger partial charge in [-0.1, -0.05) is 30.3 Å². The number of anilines is 1. The fourth-order valence-electron chi connectivity index (χ4n) is 3.02. The van der Waals surface area contributed by atoms with Crippen LogP contribution in [0.3, 0.4) is 0 Å². The molecule has 0 fully saturated rings. The van der Waals surface area contributed by atoms with Crippen LogP contribution in [0.15, 0.2) is 72.8 Å². The molecule has 0 spiro atoms. The van der Waals surface area contributed by atoms with Crippen LogP contribution in [-0.2, 0) is 16.1 Å². The lowest BCUT2D eigenvalue weighted by molar-refractivity contribution is -0.138. The first-order valence-corrected chi connectivity index (χ1v) is 10.1. The lowest BCUT2D eigenvalue weighted by Gasteiger charge is -2.12. The van der Waals surface area contributed by atoms with E-state index in [4.69, 9.17) is 18.9 Å². The number of amides is 1. The molecule has 0 saturated heterocycles. The maximum atomic E-state index is 12.3. The SMILES string of the molecule is COc1cc(OC)c(OC)cc1/C=C/C(=O)OCc1ccc(C(=O)Nc2ccccc2)cc1. The number of carbonyl (C=O) groups is 2. The normalized spacial score (nSPS) is 10.5. The average Bonchev–Trinajstić information content (AvgIpc) is 2.86. The van der Waals surface area contributed by atoms with Crippen LogP contribution in [-0.4, -0.2) is 33.2 Å². The van der Waals surface area contributed by atoms with Crippen molar-refractivity contribution in [3.63, 3.8) is 0 Å². The van der Waals surface area contributed by atoms with Crippen molar-refractivity contribution in [2.24, 2.45) is 0 Å². The lowest BCUT2D eigenvalue weighted by Crippen LogP contribution is -2.11. The summed E-state index contributed by atoms with van der Waals surface area (Å²) in [6.07, 6.45) is 2.89.